The molecule has 0 spiro atoms. The molecule has 0 aliphatic heterocycles. The highest BCUT2D eigenvalue weighted by molar-refractivity contribution is 5.60. The minimum absolute atomic E-state index is 0.0984. The third-order valence-corrected chi connectivity index (χ3v) is 1.79. The second-order valence-corrected chi connectivity index (χ2v) is 2.83. The summed E-state index contributed by atoms with van der Waals surface area (Å²) in [5.74, 6) is -0.844. The fourth-order valence-electron chi connectivity index (χ4n) is 1.11. The van der Waals surface area contributed by atoms with Crippen LogP contribution in [-0.2, 0) is 6.42 Å². The first-order valence-corrected chi connectivity index (χ1v) is 4.06. The molecule has 0 unspecified atom stereocenters. The van der Waals surface area contributed by atoms with Crippen molar-refractivity contribution in [2.24, 2.45) is 0 Å². The van der Waals surface area contributed by atoms with Crippen LogP contribution in [-0.4, -0.2) is 9.91 Å². The van der Waals surface area contributed by atoms with Crippen molar-refractivity contribution in [2.75, 3.05) is 5.73 Å². The molecular formula is C8H6F2N4O2. The highest BCUT2D eigenvalue weighted by Gasteiger charge is 2.24. The Labute approximate surface area is 88.5 Å². The minimum Gasteiger partial charge on any atom is -0.391 e. The number of pyridine rings is 1. The Morgan fingerprint density at radius 3 is 2.75 bits per heavy atom. The third kappa shape index (κ3) is 2.20. The third-order valence-electron chi connectivity index (χ3n) is 1.79. The van der Waals surface area contributed by atoms with Gasteiger partial charge in [0, 0.05) is 0 Å². The number of nitriles is 1. The quantitative estimate of drug-likeness (QED) is 0.624. The number of aromatic nitrogens is 1. The van der Waals surface area contributed by atoms with Crippen molar-refractivity contribution >= 4 is 11.5 Å². The zero-order valence-corrected chi connectivity index (χ0v) is 7.85. The Hall–Kier alpha value is -2.30. The molecule has 1 aromatic heterocycles. The summed E-state index contributed by atoms with van der Waals surface area (Å²) in [7, 11) is 0. The average molecular weight is 228 g/mol. The SMILES string of the molecule is N#CCc1cc(C(F)F)c(N)c([N+](=O)[O-])n1. The van der Waals surface area contributed by atoms with E-state index in [0.717, 1.165) is 6.07 Å². The van der Waals surface area contributed by atoms with Crippen molar-refractivity contribution < 1.29 is 13.7 Å². The van der Waals surface area contributed by atoms with Crippen LogP contribution in [0.2, 0.25) is 0 Å². The van der Waals surface area contributed by atoms with Crippen molar-refractivity contribution in [2.45, 2.75) is 12.8 Å². The molecule has 0 bridgehead atoms. The highest BCUT2D eigenvalue weighted by atomic mass is 19.3. The van der Waals surface area contributed by atoms with Crippen LogP contribution in [0.1, 0.15) is 17.7 Å². The van der Waals surface area contributed by atoms with Gasteiger partial charge in [-0.1, -0.05) is 0 Å². The Balaban J connectivity index is 3.40. The fourth-order valence-corrected chi connectivity index (χ4v) is 1.11. The lowest BCUT2D eigenvalue weighted by molar-refractivity contribution is -0.388. The van der Waals surface area contributed by atoms with E-state index in [-0.39, 0.29) is 12.1 Å². The number of hydrogen-bond acceptors (Lipinski definition) is 5. The first kappa shape index (κ1) is 11.8. The van der Waals surface area contributed by atoms with Crippen LogP contribution >= 0.6 is 0 Å². The number of alkyl halides is 2. The van der Waals surface area contributed by atoms with E-state index in [4.69, 9.17) is 11.0 Å². The maximum Gasteiger partial charge on any atom is 0.387 e. The second-order valence-electron chi connectivity index (χ2n) is 2.83. The molecule has 16 heavy (non-hydrogen) atoms. The summed E-state index contributed by atoms with van der Waals surface area (Å²) in [5.41, 5.74) is 3.75. The first-order valence-electron chi connectivity index (χ1n) is 4.06. The summed E-state index contributed by atoms with van der Waals surface area (Å²) in [4.78, 5) is 13.0. The van der Waals surface area contributed by atoms with Gasteiger partial charge in [-0.15, -0.1) is 0 Å². The van der Waals surface area contributed by atoms with Gasteiger partial charge < -0.3 is 15.8 Å². The summed E-state index contributed by atoms with van der Waals surface area (Å²) in [6.07, 6.45) is -3.24. The molecule has 0 radical (unpaired) electrons. The largest absolute Gasteiger partial charge is 0.391 e. The number of nitrogens with two attached hydrogens (primary N) is 1. The van der Waals surface area contributed by atoms with Crippen molar-refractivity contribution in [3.63, 3.8) is 0 Å². The topological polar surface area (TPSA) is 106 Å². The number of rotatable bonds is 3. The van der Waals surface area contributed by atoms with E-state index < -0.39 is 28.4 Å². The molecule has 0 amide bonds. The Morgan fingerprint density at radius 2 is 2.31 bits per heavy atom. The average Bonchev–Trinajstić information content (AvgIpc) is 2.19. The molecule has 2 N–H and O–H groups in total. The monoisotopic (exact) mass is 228 g/mol. The van der Waals surface area contributed by atoms with Gasteiger partial charge in [-0.3, -0.25) is 0 Å². The van der Waals surface area contributed by atoms with Crippen LogP contribution in [0, 0.1) is 21.4 Å². The molecule has 0 saturated carbocycles. The molecule has 1 aromatic rings. The highest BCUT2D eigenvalue weighted by Crippen LogP contribution is 2.31. The number of nitrogen functional groups attached to an aromatic ring is 1. The molecule has 6 nitrogen and oxygen atoms in total. The van der Waals surface area contributed by atoms with E-state index in [0.29, 0.717) is 0 Å². The van der Waals surface area contributed by atoms with Crippen LogP contribution in [0.4, 0.5) is 20.3 Å². The lowest BCUT2D eigenvalue weighted by Gasteiger charge is -2.04. The lowest BCUT2D eigenvalue weighted by atomic mass is 10.1. The zero-order chi connectivity index (χ0) is 12.3. The summed E-state index contributed by atoms with van der Waals surface area (Å²) >= 11 is 0. The van der Waals surface area contributed by atoms with Crippen LogP contribution < -0.4 is 5.73 Å². The van der Waals surface area contributed by atoms with E-state index >= 15 is 0 Å². The Morgan fingerprint density at radius 1 is 1.69 bits per heavy atom. The molecule has 8 heteroatoms. The van der Waals surface area contributed by atoms with Gasteiger partial charge in [0.1, 0.15) is 12.1 Å². The van der Waals surface area contributed by atoms with Gasteiger partial charge in [0.2, 0.25) is 0 Å². The van der Waals surface area contributed by atoms with Gasteiger partial charge in [0.05, 0.1) is 11.6 Å². The number of nitro groups is 1. The van der Waals surface area contributed by atoms with Gasteiger partial charge >= 0.3 is 5.82 Å². The molecule has 0 saturated heterocycles. The predicted octanol–water partition coefficient (Wildman–Crippen LogP) is 1.58. The molecule has 1 rings (SSSR count). The normalized spacial score (nSPS) is 10.1. The fraction of sp³-hybridized carbons (Fsp3) is 0.250. The standard InChI is InChI=1S/C8H6F2N4O2/c9-7(10)5-3-4(1-2-11)13-8(6(5)12)14(15)16/h3,7H,1,12H2. The van der Waals surface area contributed by atoms with Crippen LogP contribution in [0.25, 0.3) is 0 Å². The second kappa shape index (κ2) is 4.48. The number of halogens is 2. The zero-order valence-electron chi connectivity index (χ0n) is 7.85. The molecule has 0 atom stereocenters. The summed E-state index contributed by atoms with van der Waals surface area (Å²) < 4.78 is 25.0. The van der Waals surface area contributed by atoms with Crippen molar-refractivity contribution in [3.05, 3.63) is 27.4 Å². The smallest absolute Gasteiger partial charge is 0.387 e. The summed E-state index contributed by atoms with van der Waals surface area (Å²) in [6, 6.07) is 2.56. The van der Waals surface area contributed by atoms with Gasteiger partial charge in [0.25, 0.3) is 6.43 Å². The van der Waals surface area contributed by atoms with E-state index in [1.165, 1.54) is 0 Å². The van der Waals surface area contributed by atoms with E-state index in [1.54, 1.807) is 6.07 Å². The summed E-state index contributed by atoms with van der Waals surface area (Å²) in [5, 5.41) is 18.9. The number of nitrogens with zero attached hydrogens (tertiary/aromatic N) is 3. The van der Waals surface area contributed by atoms with E-state index in [2.05, 4.69) is 4.98 Å². The number of anilines is 1. The van der Waals surface area contributed by atoms with Crippen molar-refractivity contribution in [1.29, 1.82) is 5.26 Å². The Kier molecular flexibility index (Phi) is 3.30. The molecular weight excluding hydrogens is 222 g/mol. The van der Waals surface area contributed by atoms with Crippen LogP contribution in [0.5, 0.6) is 0 Å². The molecule has 0 aromatic carbocycles. The van der Waals surface area contributed by atoms with Crippen molar-refractivity contribution in [3.8, 4) is 6.07 Å². The van der Waals surface area contributed by atoms with Gasteiger partial charge in [-0.2, -0.15) is 5.26 Å². The van der Waals surface area contributed by atoms with Gasteiger partial charge in [-0.25, -0.2) is 8.78 Å². The molecule has 0 aliphatic rings. The van der Waals surface area contributed by atoms with Gasteiger partial charge in [-0.05, 0) is 16.0 Å². The van der Waals surface area contributed by atoms with Crippen molar-refractivity contribution in [1.82, 2.24) is 4.98 Å². The molecule has 1 heterocycles. The maximum absolute atomic E-state index is 12.5. The minimum atomic E-state index is -2.95. The van der Waals surface area contributed by atoms with Crippen LogP contribution in [0.3, 0.4) is 0 Å². The first-order chi connectivity index (χ1) is 7.47. The predicted molar refractivity (Wildman–Crippen MR) is 49.6 cm³/mol. The molecule has 84 valence electrons. The molecule has 0 aliphatic carbocycles. The van der Waals surface area contributed by atoms with Gasteiger partial charge in [0.15, 0.2) is 5.69 Å². The Bertz CT molecular complexity index is 470. The van der Waals surface area contributed by atoms with E-state index in [1.807, 2.05) is 0 Å². The number of hydrogen-bond donors (Lipinski definition) is 1. The maximum atomic E-state index is 12.5. The van der Waals surface area contributed by atoms with E-state index in [9.17, 15) is 18.9 Å². The lowest BCUT2D eigenvalue weighted by Crippen LogP contribution is -2.06. The van der Waals surface area contributed by atoms with Crippen LogP contribution in [0.15, 0.2) is 6.07 Å². The summed E-state index contributed by atoms with van der Waals surface area (Å²) in [6.45, 7) is 0. The molecule has 0 fully saturated rings.